The van der Waals surface area contributed by atoms with Crippen molar-refractivity contribution in [3.8, 4) is 0 Å². The van der Waals surface area contributed by atoms with E-state index in [2.05, 4.69) is 85.1 Å². The second-order valence-corrected chi connectivity index (χ2v) is 8.09. The van der Waals surface area contributed by atoms with Crippen molar-refractivity contribution in [1.82, 2.24) is 5.32 Å². The molecule has 1 aromatic carbocycles. The van der Waals surface area contributed by atoms with Gasteiger partial charge in [-0.25, -0.2) is 0 Å². The minimum atomic E-state index is 0.228. The van der Waals surface area contributed by atoms with Crippen LogP contribution in [0.25, 0.3) is 0 Å². The number of thiophene rings is 1. The molecule has 19 heavy (non-hydrogen) atoms. The number of nitrogens with one attached hydrogen (secondary N) is 1. The zero-order valence-electron chi connectivity index (χ0n) is 11.8. The van der Waals surface area contributed by atoms with E-state index in [-0.39, 0.29) is 11.5 Å². The Bertz CT molecular complexity index is 554. The fourth-order valence-electron chi connectivity index (χ4n) is 2.07. The Morgan fingerprint density at radius 2 is 1.89 bits per heavy atom. The van der Waals surface area contributed by atoms with Crippen molar-refractivity contribution in [2.75, 3.05) is 7.05 Å². The van der Waals surface area contributed by atoms with Gasteiger partial charge in [0, 0.05) is 13.3 Å². The third-order valence-corrected chi connectivity index (χ3v) is 5.37. The lowest BCUT2D eigenvalue weighted by Crippen LogP contribution is -2.16. The summed E-state index contributed by atoms with van der Waals surface area (Å²) in [5.41, 5.74) is 1.56. The molecule has 0 amide bonds. The molecule has 3 heteroatoms. The fourth-order valence-corrected chi connectivity index (χ4v) is 3.84. The van der Waals surface area contributed by atoms with E-state index >= 15 is 0 Å². The molecule has 1 nitrogen and oxygen atoms in total. The number of halogens is 1. The molecule has 0 aliphatic heterocycles. The van der Waals surface area contributed by atoms with Crippen LogP contribution in [0.1, 0.15) is 42.1 Å². The van der Waals surface area contributed by atoms with Gasteiger partial charge < -0.3 is 5.32 Å². The average Bonchev–Trinajstić information content (AvgIpc) is 2.79. The van der Waals surface area contributed by atoms with Crippen molar-refractivity contribution in [2.45, 2.75) is 32.2 Å². The van der Waals surface area contributed by atoms with Crippen molar-refractivity contribution < 1.29 is 0 Å². The molecule has 2 aromatic rings. The van der Waals surface area contributed by atoms with Crippen LogP contribution in [0, 0.1) is 3.57 Å². The maximum absolute atomic E-state index is 3.43. The van der Waals surface area contributed by atoms with E-state index in [9.17, 15) is 0 Å². The van der Waals surface area contributed by atoms with Gasteiger partial charge in [-0.05, 0) is 64.9 Å². The van der Waals surface area contributed by atoms with Crippen molar-refractivity contribution >= 4 is 33.9 Å². The Balaban J connectivity index is 2.35. The van der Waals surface area contributed by atoms with Gasteiger partial charge in [-0.15, -0.1) is 11.3 Å². The molecule has 1 N–H and O–H groups in total. The van der Waals surface area contributed by atoms with Crippen molar-refractivity contribution in [3.05, 3.63) is 55.3 Å². The summed E-state index contributed by atoms with van der Waals surface area (Å²) in [5, 5.41) is 3.43. The normalized spacial score (nSPS) is 13.5. The number of benzene rings is 1. The Kier molecular flexibility index (Phi) is 4.69. The maximum atomic E-state index is 3.43. The molecule has 0 bridgehead atoms. The lowest BCUT2D eigenvalue weighted by atomic mass is 9.95. The third kappa shape index (κ3) is 3.58. The summed E-state index contributed by atoms with van der Waals surface area (Å²) < 4.78 is 1.28. The summed E-state index contributed by atoms with van der Waals surface area (Å²) >= 11 is 4.28. The largest absolute Gasteiger partial charge is 0.309 e. The van der Waals surface area contributed by atoms with Gasteiger partial charge in [0.25, 0.3) is 0 Å². The van der Waals surface area contributed by atoms with E-state index in [1.54, 1.807) is 0 Å². The van der Waals surface area contributed by atoms with Crippen LogP contribution in [-0.2, 0) is 5.41 Å². The van der Waals surface area contributed by atoms with Crippen LogP contribution in [0.4, 0.5) is 0 Å². The van der Waals surface area contributed by atoms with Crippen molar-refractivity contribution in [1.29, 1.82) is 0 Å². The number of hydrogen-bond donors (Lipinski definition) is 1. The van der Waals surface area contributed by atoms with Gasteiger partial charge in [-0.1, -0.05) is 32.9 Å². The zero-order chi connectivity index (χ0) is 14.0. The monoisotopic (exact) mass is 385 g/mol. The first kappa shape index (κ1) is 15.0. The third-order valence-electron chi connectivity index (χ3n) is 3.12. The molecular formula is C16H20INS. The fraction of sp³-hybridized carbons (Fsp3) is 0.375. The summed E-state index contributed by atoms with van der Waals surface area (Å²) in [5.74, 6) is 0. The topological polar surface area (TPSA) is 12.0 Å². The Hall–Kier alpha value is -0.390. The molecule has 1 atom stereocenters. The summed E-state index contributed by atoms with van der Waals surface area (Å²) in [6.45, 7) is 6.80. The molecule has 0 saturated heterocycles. The molecule has 1 heterocycles. The minimum absolute atomic E-state index is 0.228. The first-order chi connectivity index (χ1) is 8.91. The molecule has 1 aromatic heterocycles. The van der Waals surface area contributed by atoms with E-state index in [4.69, 9.17) is 0 Å². The van der Waals surface area contributed by atoms with E-state index in [0.717, 1.165) is 0 Å². The van der Waals surface area contributed by atoms with E-state index in [1.807, 2.05) is 18.4 Å². The minimum Gasteiger partial charge on any atom is -0.309 e. The van der Waals surface area contributed by atoms with Crippen LogP contribution in [0.5, 0.6) is 0 Å². The molecule has 2 rings (SSSR count). The van der Waals surface area contributed by atoms with Crippen LogP contribution in [-0.4, -0.2) is 7.05 Å². The van der Waals surface area contributed by atoms with Crippen LogP contribution in [0.3, 0.4) is 0 Å². The first-order valence-corrected chi connectivity index (χ1v) is 8.34. The van der Waals surface area contributed by atoms with Crippen LogP contribution in [0.15, 0.2) is 36.4 Å². The SMILES string of the molecule is CNC(c1cccc(I)c1)c1ccc(C(C)(C)C)s1. The molecule has 0 radical (unpaired) electrons. The average molecular weight is 385 g/mol. The molecule has 0 spiro atoms. The quantitative estimate of drug-likeness (QED) is 0.737. The summed E-state index contributed by atoms with van der Waals surface area (Å²) in [6.07, 6.45) is 0. The molecular weight excluding hydrogens is 365 g/mol. The number of hydrogen-bond acceptors (Lipinski definition) is 2. The molecule has 0 aliphatic carbocycles. The smallest absolute Gasteiger partial charge is 0.0669 e. The zero-order valence-corrected chi connectivity index (χ0v) is 14.8. The molecule has 0 saturated carbocycles. The molecule has 0 aliphatic rings. The van der Waals surface area contributed by atoms with Crippen LogP contribution in [0.2, 0.25) is 0 Å². The highest BCUT2D eigenvalue weighted by molar-refractivity contribution is 14.1. The standard InChI is InChI=1S/C16H20INS/c1-16(2,3)14-9-8-13(19-14)15(18-4)11-6-5-7-12(17)10-11/h5-10,15,18H,1-4H3. The van der Waals surface area contributed by atoms with Crippen LogP contribution >= 0.6 is 33.9 Å². The molecule has 102 valence electrons. The van der Waals surface area contributed by atoms with Gasteiger partial charge in [0.15, 0.2) is 0 Å². The Labute approximate surface area is 133 Å². The molecule has 0 fully saturated rings. The predicted octanol–water partition coefficient (Wildman–Crippen LogP) is 4.96. The van der Waals surface area contributed by atoms with E-state index in [0.29, 0.717) is 0 Å². The van der Waals surface area contributed by atoms with Gasteiger partial charge in [0.1, 0.15) is 0 Å². The van der Waals surface area contributed by atoms with Gasteiger partial charge >= 0.3 is 0 Å². The van der Waals surface area contributed by atoms with Crippen molar-refractivity contribution in [2.24, 2.45) is 0 Å². The van der Waals surface area contributed by atoms with Crippen LogP contribution < -0.4 is 5.32 Å². The lowest BCUT2D eigenvalue weighted by molar-refractivity contribution is 0.604. The summed E-state index contributed by atoms with van der Waals surface area (Å²) in [7, 11) is 2.03. The second-order valence-electron chi connectivity index (χ2n) is 5.73. The van der Waals surface area contributed by atoms with Gasteiger partial charge in [-0.3, -0.25) is 0 Å². The molecule has 1 unspecified atom stereocenters. The Morgan fingerprint density at radius 3 is 2.42 bits per heavy atom. The Morgan fingerprint density at radius 1 is 1.16 bits per heavy atom. The number of rotatable bonds is 3. The van der Waals surface area contributed by atoms with E-state index in [1.165, 1.54) is 18.9 Å². The highest BCUT2D eigenvalue weighted by Gasteiger charge is 2.20. The maximum Gasteiger partial charge on any atom is 0.0669 e. The van der Waals surface area contributed by atoms with Gasteiger partial charge in [0.2, 0.25) is 0 Å². The highest BCUT2D eigenvalue weighted by atomic mass is 127. The lowest BCUT2D eigenvalue weighted by Gasteiger charge is -2.17. The van der Waals surface area contributed by atoms with Gasteiger partial charge in [-0.2, -0.15) is 0 Å². The van der Waals surface area contributed by atoms with E-state index < -0.39 is 0 Å². The second kappa shape index (κ2) is 5.94. The highest BCUT2D eigenvalue weighted by Crippen LogP contribution is 2.34. The van der Waals surface area contributed by atoms with Gasteiger partial charge in [0.05, 0.1) is 6.04 Å². The first-order valence-electron chi connectivity index (χ1n) is 6.45. The van der Waals surface area contributed by atoms with Crippen molar-refractivity contribution in [3.63, 3.8) is 0 Å². The summed E-state index contributed by atoms with van der Waals surface area (Å²) in [6, 6.07) is 13.5. The predicted molar refractivity (Wildman–Crippen MR) is 93.1 cm³/mol. The summed E-state index contributed by atoms with van der Waals surface area (Å²) in [4.78, 5) is 2.82.